The van der Waals surface area contributed by atoms with Gasteiger partial charge < -0.3 is 10.6 Å². The number of rotatable bonds is 13. The quantitative estimate of drug-likeness (QED) is 0.297. The van der Waals surface area contributed by atoms with E-state index in [2.05, 4.69) is 29.2 Å². The number of allylic oxidation sites excluding steroid dienone is 1. The molecule has 2 aliphatic carbocycles. The van der Waals surface area contributed by atoms with E-state index in [4.69, 9.17) is 0 Å². The Kier molecular flexibility index (Phi) is 7.71. The Balaban J connectivity index is 2.13. The van der Waals surface area contributed by atoms with Crippen molar-refractivity contribution in [1.29, 1.82) is 0 Å². The Morgan fingerprint density at radius 1 is 1.20 bits per heavy atom. The fraction of sp³-hybridized carbons (Fsp3) is 0.762. The van der Waals surface area contributed by atoms with Gasteiger partial charge >= 0.3 is 0 Å². The first-order valence-electron chi connectivity index (χ1n) is 10.8. The largest absolute Gasteiger partial charge is 0.347 e. The van der Waals surface area contributed by atoms with Crippen molar-refractivity contribution in [2.45, 2.75) is 89.0 Å². The van der Waals surface area contributed by atoms with Crippen LogP contribution in [0, 0.1) is 11.8 Å². The molecule has 0 radical (unpaired) electrons. The summed E-state index contributed by atoms with van der Waals surface area (Å²) in [6, 6.07) is -0.777. The lowest BCUT2D eigenvalue weighted by molar-refractivity contribution is -0.131. The molecule has 2 aliphatic rings. The summed E-state index contributed by atoms with van der Waals surface area (Å²) in [5.74, 6) is -0.883. The highest BCUT2D eigenvalue weighted by Gasteiger charge is 2.62. The molecular weight excluding hydrogens is 406 g/mol. The molecule has 0 heterocycles. The second kappa shape index (κ2) is 9.49. The molecule has 2 saturated carbocycles. The molecule has 0 bridgehead atoms. The van der Waals surface area contributed by atoms with E-state index in [1.165, 1.54) is 0 Å². The van der Waals surface area contributed by atoms with Crippen LogP contribution in [-0.4, -0.2) is 43.0 Å². The molecule has 0 spiro atoms. The number of amides is 3. The first kappa shape index (κ1) is 24.4. The van der Waals surface area contributed by atoms with Crippen molar-refractivity contribution in [1.82, 2.24) is 15.4 Å². The van der Waals surface area contributed by atoms with Crippen LogP contribution >= 0.6 is 0 Å². The first-order chi connectivity index (χ1) is 14.0. The smallest absolute Gasteiger partial charge is 0.259 e. The molecule has 0 aliphatic heterocycles. The molecule has 30 heavy (non-hydrogen) atoms. The standard InChI is InChI=1S/C21H35N3O5S/c1-5-15(3)9-7-8-10-16-13-21(16,23-18(26)17(6-2)22-14-25)19(27)24-30(28,29)20(4)11-12-20/h8,10,14-17H,5-7,9,11-13H2,1-4H3,(H,22,25)(H,23,26)(H,24,27). The van der Waals surface area contributed by atoms with Crippen molar-refractivity contribution in [3.8, 4) is 0 Å². The summed E-state index contributed by atoms with van der Waals surface area (Å²) in [5.41, 5.74) is -1.31. The van der Waals surface area contributed by atoms with E-state index in [1.807, 2.05) is 12.2 Å². The second-order valence-corrected chi connectivity index (χ2v) is 11.1. The van der Waals surface area contributed by atoms with Crippen LogP contribution in [-0.2, 0) is 24.4 Å². The third kappa shape index (κ3) is 5.42. The van der Waals surface area contributed by atoms with Gasteiger partial charge in [-0.3, -0.25) is 19.1 Å². The fourth-order valence-electron chi connectivity index (χ4n) is 3.38. The lowest BCUT2D eigenvalue weighted by Crippen LogP contribution is -2.56. The maximum atomic E-state index is 13.0. The van der Waals surface area contributed by atoms with Crippen LogP contribution in [0.15, 0.2) is 12.2 Å². The fourth-order valence-corrected chi connectivity index (χ4v) is 4.69. The average molecular weight is 442 g/mol. The minimum absolute atomic E-state index is 0.283. The summed E-state index contributed by atoms with van der Waals surface area (Å²) in [6.45, 7) is 7.66. The third-order valence-electron chi connectivity index (χ3n) is 6.48. The summed E-state index contributed by atoms with van der Waals surface area (Å²) >= 11 is 0. The van der Waals surface area contributed by atoms with Gasteiger partial charge in [-0.25, -0.2) is 8.42 Å². The van der Waals surface area contributed by atoms with Gasteiger partial charge in [-0.1, -0.05) is 39.3 Å². The summed E-state index contributed by atoms with van der Waals surface area (Å²) in [4.78, 5) is 36.4. The number of nitrogens with one attached hydrogen (secondary N) is 3. The van der Waals surface area contributed by atoms with E-state index < -0.39 is 38.2 Å². The molecule has 0 aromatic carbocycles. The molecule has 170 valence electrons. The minimum Gasteiger partial charge on any atom is -0.347 e. The number of hydrogen-bond acceptors (Lipinski definition) is 5. The van der Waals surface area contributed by atoms with Crippen molar-refractivity contribution in [3.63, 3.8) is 0 Å². The van der Waals surface area contributed by atoms with Crippen molar-refractivity contribution in [3.05, 3.63) is 12.2 Å². The molecule has 9 heteroatoms. The van der Waals surface area contributed by atoms with Gasteiger partial charge in [0.1, 0.15) is 11.6 Å². The Morgan fingerprint density at radius 3 is 2.40 bits per heavy atom. The van der Waals surface area contributed by atoms with E-state index in [9.17, 15) is 22.8 Å². The van der Waals surface area contributed by atoms with Crippen molar-refractivity contribution < 1.29 is 22.8 Å². The summed E-state index contributed by atoms with van der Waals surface area (Å²) < 4.78 is 26.3. The first-order valence-corrected chi connectivity index (χ1v) is 12.3. The normalized spacial score (nSPS) is 26.5. The number of carbonyl (C=O) groups excluding carboxylic acids is 3. The summed E-state index contributed by atoms with van der Waals surface area (Å²) in [6.07, 6.45) is 9.01. The van der Waals surface area contributed by atoms with Gasteiger partial charge in [-0.15, -0.1) is 0 Å². The Morgan fingerprint density at radius 2 is 1.87 bits per heavy atom. The van der Waals surface area contributed by atoms with Crippen LogP contribution in [0.25, 0.3) is 0 Å². The molecule has 3 amide bonds. The van der Waals surface area contributed by atoms with Crippen molar-refractivity contribution in [2.75, 3.05) is 0 Å². The number of hydrogen-bond donors (Lipinski definition) is 3. The molecule has 0 aromatic heterocycles. The second-order valence-electron chi connectivity index (χ2n) is 8.92. The summed E-state index contributed by atoms with van der Waals surface area (Å²) in [7, 11) is -3.81. The van der Waals surface area contributed by atoms with Crippen LogP contribution in [0.3, 0.4) is 0 Å². The number of sulfonamides is 1. The summed E-state index contributed by atoms with van der Waals surface area (Å²) in [5, 5.41) is 5.15. The monoisotopic (exact) mass is 441 g/mol. The predicted molar refractivity (Wildman–Crippen MR) is 115 cm³/mol. The van der Waals surface area contributed by atoms with E-state index in [-0.39, 0.29) is 5.92 Å². The van der Waals surface area contributed by atoms with Gasteiger partial charge in [-0.05, 0) is 51.4 Å². The van der Waals surface area contributed by atoms with Crippen molar-refractivity contribution in [2.24, 2.45) is 11.8 Å². The molecule has 0 aromatic rings. The zero-order valence-corrected chi connectivity index (χ0v) is 19.2. The average Bonchev–Trinajstić information content (AvgIpc) is 3.60. The lowest BCUT2D eigenvalue weighted by Gasteiger charge is -2.23. The maximum Gasteiger partial charge on any atom is 0.259 e. The van der Waals surface area contributed by atoms with Crippen LogP contribution in [0.1, 0.15) is 72.6 Å². The van der Waals surface area contributed by atoms with Gasteiger partial charge in [0.2, 0.25) is 22.3 Å². The highest BCUT2D eigenvalue weighted by Crippen LogP contribution is 2.47. The van der Waals surface area contributed by atoms with E-state index in [0.717, 1.165) is 19.3 Å². The van der Waals surface area contributed by atoms with Crippen LogP contribution in [0.2, 0.25) is 0 Å². The Labute approximate surface area is 179 Å². The van der Waals surface area contributed by atoms with Gasteiger partial charge in [0.05, 0.1) is 4.75 Å². The molecule has 4 unspecified atom stereocenters. The molecule has 0 saturated heterocycles. The molecule has 2 fully saturated rings. The Bertz CT molecular complexity index is 790. The molecular formula is C21H35N3O5S. The van der Waals surface area contributed by atoms with E-state index in [0.29, 0.717) is 38.0 Å². The molecule has 4 atom stereocenters. The minimum atomic E-state index is -3.81. The SMILES string of the molecule is CCC(C)CCC=CC1CC1(NC(=O)C(CC)NC=O)C(=O)NS(=O)(=O)C1(C)CC1. The molecule has 3 N–H and O–H groups in total. The van der Waals surface area contributed by atoms with Crippen LogP contribution in [0.4, 0.5) is 0 Å². The molecule has 2 rings (SSSR count). The van der Waals surface area contributed by atoms with Gasteiger partial charge in [0.15, 0.2) is 0 Å². The highest BCUT2D eigenvalue weighted by molar-refractivity contribution is 7.91. The zero-order valence-electron chi connectivity index (χ0n) is 18.4. The van der Waals surface area contributed by atoms with Gasteiger partial charge in [0, 0.05) is 5.92 Å². The highest BCUT2D eigenvalue weighted by atomic mass is 32.2. The van der Waals surface area contributed by atoms with Gasteiger partial charge in [0.25, 0.3) is 5.91 Å². The lowest BCUT2D eigenvalue weighted by atomic mass is 10.0. The van der Waals surface area contributed by atoms with Crippen LogP contribution < -0.4 is 15.4 Å². The topological polar surface area (TPSA) is 121 Å². The van der Waals surface area contributed by atoms with E-state index >= 15 is 0 Å². The van der Waals surface area contributed by atoms with Gasteiger partial charge in [-0.2, -0.15) is 0 Å². The van der Waals surface area contributed by atoms with Crippen LogP contribution in [0.5, 0.6) is 0 Å². The van der Waals surface area contributed by atoms with Crippen molar-refractivity contribution >= 4 is 28.2 Å². The third-order valence-corrected chi connectivity index (χ3v) is 8.64. The predicted octanol–water partition coefficient (Wildman–Crippen LogP) is 1.77. The van der Waals surface area contributed by atoms with E-state index in [1.54, 1.807) is 13.8 Å². The number of carbonyl (C=O) groups is 3. The maximum absolute atomic E-state index is 13.0. The zero-order chi connectivity index (χ0) is 22.6. The Hall–Kier alpha value is -1.90. The molecule has 8 nitrogen and oxygen atoms in total.